The maximum Gasteiger partial charge on any atom is 0.193 e. The van der Waals surface area contributed by atoms with Crippen molar-refractivity contribution < 1.29 is 9.13 Å². The van der Waals surface area contributed by atoms with E-state index in [1.807, 2.05) is 19.3 Å². The van der Waals surface area contributed by atoms with Gasteiger partial charge in [0.25, 0.3) is 0 Å². The van der Waals surface area contributed by atoms with E-state index in [1.54, 1.807) is 23.5 Å². The summed E-state index contributed by atoms with van der Waals surface area (Å²) in [4.78, 5) is 14.9. The molecule has 0 aliphatic carbocycles. The molecule has 2 heterocycles. The molecule has 158 valence electrons. The average molecular weight is 420 g/mol. The van der Waals surface area contributed by atoms with Crippen molar-refractivity contribution in [3.63, 3.8) is 0 Å². The van der Waals surface area contributed by atoms with Crippen molar-refractivity contribution in [3.8, 4) is 5.75 Å². The van der Waals surface area contributed by atoms with Crippen molar-refractivity contribution in [2.75, 3.05) is 46.9 Å². The molecule has 0 radical (unpaired) electrons. The van der Waals surface area contributed by atoms with E-state index in [0.717, 1.165) is 63.6 Å². The highest BCUT2D eigenvalue weighted by Crippen LogP contribution is 2.19. The van der Waals surface area contributed by atoms with Gasteiger partial charge < -0.3 is 15.0 Å². The van der Waals surface area contributed by atoms with Gasteiger partial charge in [0.05, 0.1) is 12.1 Å². The molecule has 1 aliphatic rings. The standard InChI is InChI=1S/C21H30FN5OS/c1-4-17-14-25-20(29-17)7-8-24-21(23-2)27-11-9-26(10-12-27)15-16-5-6-19(28-3)18(22)13-16/h5-6,13-14H,4,7-12,15H2,1-3H3,(H,23,24). The van der Waals surface area contributed by atoms with Crippen LogP contribution in [0.3, 0.4) is 0 Å². The Morgan fingerprint density at radius 3 is 2.72 bits per heavy atom. The number of hydrogen-bond acceptors (Lipinski definition) is 5. The topological polar surface area (TPSA) is 53.0 Å². The smallest absolute Gasteiger partial charge is 0.193 e. The molecule has 0 bridgehead atoms. The summed E-state index contributed by atoms with van der Waals surface area (Å²) in [5.74, 6) is 0.920. The number of piperazine rings is 1. The molecule has 3 rings (SSSR count). The zero-order valence-corrected chi connectivity index (χ0v) is 18.3. The number of benzene rings is 1. The first kappa shape index (κ1) is 21.5. The van der Waals surface area contributed by atoms with Gasteiger partial charge in [0.2, 0.25) is 0 Å². The largest absolute Gasteiger partial charge is 0.494 e. The first-order valence-electron chi connectivity index (χ1n) is 10.1. The van der Waals surface area contributed by atoms with Crippen LogP contribution < -0.4 is 10.1 Å². The van der Waals surface area contributed by atoms with Crippen molar-refractivity contribution in [1.82, 2.24) is 20.1 Å². The quantitative estimate of drug-likeness (QED) is 0.553. The number of hydrogen-bond donors (Lipinski definition) is 1. The summed E-state index contributed by atoms with van der Waals surface area (Å²) in [5, 5.41) is 4.63. The summed E-state index contributed by atoms with van der Waals surface area (Å²) in [7, 11) is 3.31. The van der Waals surface area contributed by atoms with Gasteiger partial charge in [0, 0.05) is 63.8 Å². The molecule has 1 N–H and O–H groups in total. The summed E-state index contributed by atoms with van der Waals surface area (Å²) < 4.78 is 18.9. The van der Waals surface area contributed by atoms with Crippen LogP contribution in [0.15, 0.2) is 29.4 Å². The second-order valence-corrected chi connectivity index (χ2v) is 8.23. The molecule has 0 saturated carbocycles. The minimum atomic E-state index is -0.306. The van der Waals surface area contributed by atoms with E-state index in [4.69, 9.17) is 4.74 Å². The molecule has 0 spiro atoms. The summed E-state index contributed by atoms with van der Waals surface area (Å²) in [6, 6.07) is 5.18. The van der Waals surface area contributed by atoms with Crippen LogP contribution in [0, 0.1) is 5.82 Å². The number of halogens is 1. The molecule has 1 saturated heterocycles. The Kier molecular flexibility index (Phi) is 7.83. The second-order valence-electron chi connectivity index (χ2n) is 7.03. The normalized spacial score (nSPS) is 15.6. The Morgan fingerprint density at radius 1 is 1.31 bits per heavy atom. The third kappa shape index (κ3) is 5.90. The van der Waals surface area contributed by atoms with Gasteiger partial charge >= 0.3 is 0 Å². The molecule has 2 aromatic rings. The van der Waals surface area contributed by atoms with Crippen molar-refractivity contribution >= 4 is 17.3 Å². The highest BCUT2D eigenvalue weighted by Gasteiger charge is 2.20. The van der Waals surface area contributed by atoms with Crippen LogP contribution in [0.1, 0.15) is 22.4 Å². The van der Waals surface area contributed by atoms with E-state index < -0.39 is 0 Å². The van der Waals surface area contributed by atoms with Crippen molar-refractivity contribution in [2.24, 2.45) is 4.99 Å². The van der Waals surface area contributed by atoms with Gasteiger partial charge in [-0.25, -0.2) is 9.37 Å². The molecule has 0 amide bonds. The highest BCUT2D eigenvalue weighted by atomic mass is 32.1. The molecule has 1 fully saturated rings. The highest BCUT2D eigenvalue weighted by molar-refractivity contribution is 7.11. The fraction of sp³-hybridized carbons (Fsp3) is 0.524. The van der Waals surface area contributed by atoms with E-state index in [-0.39, 0.29) is 11.6 Å². The van der Waals surface area contributed by atoms with Gasteiger partial charge in [0.15, 0.2) is 17.5 Å². The van der Waals surface area contributed by atoms with Crippen LogP contribution in [0.25, 0.3) is 0 Å². The average Bonchev–Trinajstić information content (AvgIpc) is 3.20. The number of thiazole rings is 1. The molecule has 1 aromatic heterocycles. The molecule has 1 aliphatic heterocycles. The Bertz CT molecular complexity index is 817. The van der Waals surface area contributed by atoms with Gasteiger partial charge in [-0.2, -0.15) is 0 Å². The molecule has 0 unspecified atom stereocenters. The number of nitrogens with one attached hydrogen (secondary N) is 1. The molecule has 1 aromatic carbocycles. The van der Waals surface area contributed by atoms with Crippen LogP contribution in [-0.2, 0) is 19.4 Å². The van der Waals surface area contributed by atoms with E-state index in [1.165, 1.54) is 17.0 Å². The van der Waals surface area contributed by atoms with Gasteiger partial charge in [-0.15, -0.1) is 11.3 Å². The fourth-order valence-electron chi connectivity index (χ4n) is 3.42. The maximum absolute atomic E-state index is 13.9. The third-order valence-corrected chi connectivity index (χ3v) is 6.28. The fourth-order valence-corrected chi connectivity index (χ4v) is 4.29. The Morgan fingerprint density at radius 2 is 2.10 bits per heavy atom. The number of aliphatic imine (C=N–C) groups is 1. The zero-order chi connectivity index (χ0) is 20.6. The Hall–Kier alpha value is -2.19. The lowest BCUT2D eigenvalue weighted by molar-refractivity contribution is 0.172. The van der Waals surface area contributed by atoms with E-state index >= 15 is 0 Å². The van der Waals surface area contributed by atoms with Crippen LogP contribution in [-0.4, -0.2) is 67.6 Å². The Labute approximate surface area is 176 Å². The summed E-state index contributed by atoms with van der Waals surface area (Å²) in [6.07, 6.45) is 3.93. The van der Waals surface area contributed by atoms with Crippen LogP contribution in [0.5, 0.6) is 5.75 Å². The van der Waals surface area contributed by atoms with Crippen LogP contribution in [0.4, 0.5) is 4.39 Å². The number of methoxy groups -OCH3 is 1. The molecular formula is C21H30FN5OS. The predicted octanol–water partition coefficient (Wildman–Crippen LogP) is 2.79. The minimum Gasteiger partial charge on any atom is -0.494 e. The molecule has 8 heteroatoms. The number of nitrogens with zero attached hydrogens (tertiary/aromatic N) is 4. The van der Waals surface area contributed by atoms with Gasteiger partial charge in [-0.1, -0.05) is 13.0 Å². The third-order valence-electron chi connectivity index (χ3n) is 5.08. The van der Waals surface area contributed by atoms with Crippen molar-refractivity contribution in [2.45, 2.75) is 26.3 Å². The van der Waals surface area contributed by atoms with Crippen molar-refractivity contribution in [3.05, 3.63) is 45.7 Å². The van der Waals surface area contributed by atoms with E-state index in [2.05, 4.69) is 32.0 Å². The minimum absolute atomic E-state index is 0.289. The van der Waals surface area contributed by atoms with Crippen LogP contribution in [0.2, 0.25) is 0 Å². The first-order chi connectivity index (χ1) is 14.1. The molecule has 6 nitrogen and oxygen atoms in total. The van der Waals surface area contributed by atoms with Gasteiger partial charge in [0.1, 0.15) is 0 Å². The van der Waals surface area contributed by atoms with E-state index in [0.29, 0.717) is 0 Å². The number of aromatic nitrogens is 1. The predicted molar refractivity (Wildman–Crippen MR) is 116 cm³/mol. The summed E-state index contributed by atoms with van der Waals surface area (Å²) >= 11 is 1.79. The lowest BCUT2D eigenvalue weighted by atomic mass is 10.2. The Balaban J connectivity index is 1.44. The number of aryl methyl sites for hydroxylation is 1. The lowest BCUT2D eigenvalue weighted by Crippen LogP contribution is -2.52. The van der Waals surface area contributed by atoms with E-state index in [9.17, 15) is 4.39 Å². The molecular weight excluding hydrogens is 389 g/mol. The summed E-state index contributed by atoms with van der Waals surface area (Å²) in [6.45, 7) is 7.36. The molecule has 0 atom stereocenters. The number of guanidine groups is 1. The number of rotatable bonds is 7. The van der Waals surface area contributed by atoms with Gasteiger partial charge in [-0.05, 0) is 24.1 Å². The summed E-state index contributed by atoms with van der Waals surface area (Å²) in [5.41, 5.74) is 0.967. The monoisotopic (exact) mass is 419 g/mol. The van der Waals surface area contributed by atoms with Crippen molar-refractivity contribution in [1.29, 1.82) is 0 Å². The van der Waals surface area contributed by atoms with Gasteiger partial charge in [-0.3, -0.25) is 9.89 Å². The first-order valence-corrected chi connectivity index (χ1v) is 10.9. The zero-order valence-electron chi connectivity index (χ0n) is 17.4. The van der Waals surface area contributed by atoms with Crippen LogP contribution >= 0.6 is 11.3 Å². The molecule has 29 heavy (non-hydrogen) atoms. The maximum atomic E-state index is 13.9. The second kappa shape index (κ2) is 10.5. The SMILES string of the molecule is CCc1cnc(CCNC(=NC)N2CCN(Cc3ccc(OC)c(F)c3)CC2)s1. The lowest BCUT2D eigenvalue weighted by Gasteiger charge is -2.36. The number of ether oxygens (including phenoxy) is 1.